The fraction of sp³-hybridized carbons (Fsp3) is 0.455. The average molecular weight is 205 g/mol. The summed E-state index contributed by atoms with van der Waals surface area (Å²) < 4.78 is 0. The van der Waals surface area contributed by atoms with Crippen LogP contribution >= 0.6 is 0 Å². The lowest BCUT2D eigenvalue weighted by molar-refractivity contribution is 0.422. The Balaban J connectivity index is 2.25. The molecule has 2 rings (SSSR count). The quantitative estimate of drug-likeness (QED) is 0.587. The van der Waals surface area contributed by atoms with Gasteiger partial charge in [0.2, 0.25) is 0 Å². The van der Waals surface area contributed by atoms with Crippen molar-refractivity contribution in [2.75, 3.05) is 13.1 Å². The zero-order valence-corrected chi connectivity index (χ0v) is 8.69. The predicted octanol–water partition coefficient (Wildman–Crippen LogP) is -0.167. The Hall–Kier alpha value is -0.835. The van der Waals surface area contributed by atoms with E-state index in [-0.39, 0.29) is 0 Å². The highest BCUT2D eigenvalue weighted by Gasteiger charge is 2.22. The van der Waals surface area contributed by atoms with Crippen molar-refractivity contribution in [2.45, 2.75) is 18.8 Å². The highest BCUT2D eigenvalue weighted by molar-refractivity contribution is 6.59. The van der Waals surface area contributed by atoms with Gasteiger partial charge in [-0.05, 0) is 42.9 Å². The van der Waals surface area contributed by atoms with E-state index >= 15 is 0 Å². The SMILES string of the molecule is OB(O)c1ccccc1C1CCNCC1. The van der Waals surface area contributed by atoms with Gasteiger partial charge >= 0.3 is 7.12 Å². The van der Waals surface area contributed by atoms with E-state index in [1.165, 1.54) is 0 Å². The lowest BCUT2D eigenvalue weighted by Crippen LogP contribution is -2.36. The standard InChI is InChI=1S/C11H16BNO2/c14-12(15)11-4-2-1-3-10(11)9-5-7-13-8-6-9/h1-4,9,13-15H,5-8H2. The summed E-state index contributed by atoms with van der Waals surface area (Å²) in [6.45, 7) is 2.03. The van der Waals surface area contributed by atoms with Gasteiger partial charge in [0, 0.05) is 0 Å². The molecule has 4 heteroatoms. The smallest absolute Gasteiger partial charge is 0.423 e. The third-order valence-corrected chi connectivity index (χ3v) is 3.05. The van der Waals surface area contributed by atoms with Gasteiger partial charge in [-0.25, -0.2) is 0 Å². The first-order chi connectivity index (χ1) is 7.29. The van der Waals surface area contributed by atoms with Crippen LogP contribution in [0.1, 0.15) is 24.3 Å². The van der Waals surface area contributed by atoms with E-state index < -0.39 is 7.12 Å². The zero-order chi connectivity index (χ0) is 10.7. The summed E-state index contributed by atoms with van der Waals surface area (Å²) >= 11 is 0. The zero-order valence-electron chi connectivity index (χ0n) is 8.69. The van der Waals surface area contributed by atoms with Gasteiger partial charge in [-0.3, -0.25) is 0 Å². The molecule has 1 aromatic rings. The highest BCUT2D eigenvalue weighted by atomic mass is 16.4. The van der Waals surface area contributed by atoms with Crippen LogP contribution in [0.5, 0.6) is 0 Å². The monoisotopic (exact) mass is 205 g/mol. The molecule has 0 amide bonds. The summed E-state index contributed by atoms with van der Waals surface area (Å²) in [4.78, 5) is 0. The Labute approximate surface area is 90.3 Å². The summed E-state index contributed by atoms with van der Waals surface area (Å²) in [6, 6.07) is 7.61. The molecule has 0 atom stereocenters. The van der Waals surface area contributed by atoms with E-state index in [4.69, 9.17) is 0 Å². The average Bonchev–Trinajstić information content (AvgIpc) is 2.30. The summed E-state index contributed by atoms with van der Waals surface area (Å²) in [7, 11) is -1.35. The van der Waals surface area contributed by atoms with Crippen LogP contribution in [-0.4, -0.2) is 30.3 Å². The topological polar surface area (TPSA) is 52.5 Å². The van der Waals surface area contributed by atoms with E-state index in [1.807, 2.05) is 18.2 Å². The summed E-state index contributed by atoms with van der Waals surface area (Å²) in [5, 5.41) is 21.9. The molecule has 1 aliphatic heterocycles. The lowest BCUT2D eigenvalue weighted by Gasteiger charge is -2.25. The fourth-order valence-electron chi connectivity index (χ4n) is 2.25. The van der Waals surface area contributed by atoms with Crippen molar-refractivity contribution in [1.29, 1.82) is 0 Å². The maximum absolute atomic E-state index is 9.28. The first kappa shape index (κ1) is 10.7. The van der Waals surface area contributed by atoms with Crippen LogP contribution in [0.25, 0.3) is 0 Å². The molecule has 1 fully saturated rings. The minimum absolute atomic E-state index is 0.462. The van der Waals surface area contributed by atoms with Gasteiger partial charge in [0.05, 0.1) is 0 Å². The van der Waals surface area contributed by atoms with Crippen LogP contribution in [0.2, 0.25) is 0 Å². The van der Waals surface area contributed by atoms with Gasteiger partial charge in [-0.1, -0.05) is 24.3 Å². The van der Waals surface area contributed by atoms with E-state index in [1.54, 1.807) is 6.07 Å². The Morgan fingerprint density at radius 1 is 1.13 bits per heavy atom. The second kappa shape index (κ2) is 4.79. The first-order valence-electron chi connectivity index (χ1n) is 5.44. The van der Waals surface area contributed by atoms with Crippen LogP contribution in [0.15, 0.2) is 24.3 Å². The number of rotatable bonds is 2. The van der Waals surface area contributed by atoms with Crippen LogP contribution in [0.3, 0.4) is 0 Å². The molecule has 3 nitrogen and oxygen atoms in total. The molecule has 0 aromatic heterocycles. The normalized spacial score (nSPS) is 17.7. The molecule has 0 unspecified atom stereocenters. The summed E-state index contributed by atoms with van der Waals surface area (Å²) in [5.41, 5.74) is 1.75. The molecule has 0 spiro atoms. The van der Waals surface area contributed by atoms with E-state index in [0.717, 1.165) is 31.5 Å². The second-order valence-corrected chi connectivity index (χ2v) is 4.03. The third-order valence-electron chi connectivity index (χ3n) is 3.05. The van der Waals surface area contributed by atoms with Gasteiger partial charge in [0.15, 0.2) is 0 Å². The Morgan fingerprint density at radius 3 is 2.47 bits per heavy atom. The van der Waals surface area contributed by atoms with Gasteiger partial charge in [0.25, 0.3) is 0 Å². The molecule has 3 N–H and O–H groups in total. The summed E-state index contributed by atoms with van der Waals surface area (Å²) in [6.07, 6.45) is 2.15. The van der Waals surface area contributed by atoms with Crippen LogP contribution < -0.4 is 10.8 Å². The van der Waals surface area contributed by atoms with Crippen molar-refractivity contribution < 1.29 is 10.0 Å². The predicted molar refractivity (Wildman–Crippen MR) is 61.1 cm³/mol. The second-order valence-electron chi connectivity index (χ2n) is 4.03. The summed E-state index contributed by atoms with van der Waals surface area (Å²) in [5.74, 6) is 0.462. The van der Waals surface area contributed by atoms with Gasteiger partial charge in [0.1, 0.15) is 0 Å². The molecule has 0 radical (unpaired) electrons. The van der Waals surface area contributed by atoms with E-state index in [0.29, 0.717) is 11.4 Å². The van der Waals surface area contributed by atoms with Crippen LogP contribution in [0, 0.1) is 0 Å². The maximum atomic E-state index is 9.28. The van der Waals surface area contributed by atoms with Gasteiger partial charge in [-0.15, -0.1) is 0 Å². The Morgan fingerprint density at radius 2 is 1.80 bits per heavy atom. The number of hydrogen-bond acceptors (Lipinski definition) is 3. The Bertz CT molecular complexity index is 324. The van der Waals surface area contributed by atoms with Crippen molar-refractivity contribution >= 4 is 12.6 Å². The van der Waals surface area contributed by atoms with Crippen LogP contribution in [-0.2, 0) is 0 Å². The molecule has 1 saturated heterocycles. The molecular weight excluding hydrogens is 189 g/mol. The minimum atomic E-state index is -1.35. The molecule has 0 saturated carbocycles. The van der Waals surface area contributed by atoms with Gasteiger partial charge in [-0.2, -0.15) is 0 Å². The molecule has 1 aromatic carbocycles. The first-order valence-corrected chi connectivity index (χ1v) is 5.44. The molecule has 1 aliphatic rings. The molecule has 80 valence electrons. The molecule has 15 heavy (non-hydrogen) atoms. The van der Waals surface area contributed by atoms with Crippen molar-refractivity contribution in [3.8, 4) is 0 Å². The Kier molecular flexibility index (Phi) is 3.41. The minimum Gasteiger partial charge on any atom is -0.423 e. The number of piperidine rings is 1. The lowest BCUT2D eigenvalue weighted by atomic mass is 9.72. The third kappa shape index (κ3) is 2.40. The molecule has 1 heterocycles. The van der Waals surface area contributed by atoms with Crippen molar-refractivity contribution in [1.82, 2.24) is 5.32 Å². The van der Waals surface area contributed by atoms with E-state index in [2.05, 4.69) is 5.32 Å². The van der Waals surface area contributed by atoms with E-state index in [9.17, 15) is 10.0 Å². The maximum Gasteiger partial charge on any atom is 0.488 e. The fourth-order valence-corrected chi connectivity index (χ4v) is 2.25. The molecular formula is C11H16BNO2. The number of nitrogens with one attached hydrogen (secondary N) is 1. The van der Waals surface area contributed by atoms with Crippen molar-refractivity contribution in [3.63, 3.8) is 0 Å². The highest BCUT2D eigenvalue weighted by Crippen LogP contribution is 2.23. The molecule has 0 aliphatic carbocycles. The molecule has 0 bridgehead atoms. The van der Waals surface area contributed by atoms with Gasteiger partial charge < -0.3 is 15.4 Å². The number of hydrogen-bond donors (Lipinski definition) is 3. The van der Waals surface area contributed by atoms with Crippen molar-refractivity contribution in [3.05, 3.63) is 29.8 Å². The largest absolute Gasteiger partial charge is 0.488 e. The number of benzene rings is 1. The van der Waals surface area contributed by atoms with Crippen molar-refractivity contribution in [2.24, 2.45) is 0 Å². The van der Waals surface area contributed by atoms with Crippen LogP contribution in [0.4, 0.5) is 0 Å².